The molecule has 10 heteroatoms. The van der Waals surface area contributed by atoms with Crippen molar-refractivity contribution in [2.24, 2.45) is 5.10 Å². The van der Waals surface area contributed by atoms with Gasteiger partial charge in [0, 0.05) is 0 Å². The van der Waals surface area contributed by atoms with Crippen LogP contribution in [0.3, 0.4) is 0 Å². The monoisotopic (exact) mass is 545 g/mol. The SMILES string of the molecule is C/C(=N/NC(=O)CN(c1cccc(C(F)(F)F)c1)S(=O)(=O)c1ccc(C)cc1)c1ccc(C(C)(C)C)cc1. The summed E-state index contributed by atoms with van der Waals surface area (Å²) in [6.45, 7) is 8.93. The number of rotatable bonds is 7. The summed E-state index contributed by atoms with van der Waals surface area (Å²) >= 11 is 0. The molecule has 0 aliphatic rings. The lowest BCUT2D eigenvalue weighted by atomic mass is 9.86. The van der Waals surface area contributed by atoms with Crippen molar-refractivity contribution in [1.82, 2.24) is 5.43 Å². The molecule has 0 saturated carbocycles. The number of carbonyl (C=O) groups is 1. The molecule has 0 aromatic heterocycles. The van der Waals surface area contributed by atoms with Gasteiger partial charge >= 0.3 is 6.18 Å². The quantitative estimate of drug-likeness (QED) is 0.290. The summed E-state index contributed by atoms with van der Waals surface area (Å²) in [6.07, 6.45) is -4.69. The van der Waals surface area contributed by atoms with Gasteiger partial charge in [-0.05, 0) is 60.7 Å². The van der Waals surface area contributed by atoms with Gasteiger partial charge < -0.3 is 0 Å². The van der Waals surface area contributed by atoms with Crippen molar-refractivity contribution in [3.8, 4) is 0 Å². The molecule has 0 saturated heterocycles. The highest BCUT2D eigenvalue weighted by atomic mass is 32.2. The van der Waals surface area contributed by atoms with Crippen LogP contribution in [0.15, 0.2) is 82.8 Å². The molecule has 0 aliphatic carbocycles. The molecule has 0 bridgehead atoms. The average Bonchev–Trinajstić information content (AvgIpc) is 2.85. The first kappa shape index (κ1) is 28.9. The highest BCUT2D eigenvalue weighted by Crippen LogP contribution is 2.33. The molecule has 0 heterocycles. The van der Waals surface area contributed by atoms with Crippen LogP contribution in [-0.4, -0.2) is 26.6 Å². The number of benzene rings is 3. The van der Waals surface area contributed by atoms with Gasteiger partial charge in [-0.15, -0.1) is 0 Å². The first-order valence-electron chi connectivity index (χ1n) is 11.8. The second kappa shape index (κ2) is 11.0. The molecule has 1 N–H and O–H groups in total. The fourth-order valence-corrected chi connectivity index (χ4v) is 4.99. The van der Waals surface area contributed by atoms with E-state index < -0.39 is 34.2 Å². The number of hydrogen-bond acceptors (Lipinski definition) is 4. The van der Waals surface area contributed by atoms with E-state index in [0.717, 1.165) is 28.8 Å². The van der Waals surface area contributed by atoms with Crippen LogP contribution in [0.4, 0.5) is 18.9 Å². The Morgan fingerprint density at radius 1 is 0.921 bits per heavy atom. The van der Waals surface area contributed by atoms with Crippen LogP contribution in [0.1, 0.15) is 49.9 Å². The number of carbonyl (C=O) groups excluding carboxylic acids is 1. The summed E-state index contributed by atoms with van der Waals surface area (Å²) in [5, 5.41) is 4.07. The Morgan fingerprint density at radius 2 is 1.53 bits per heavy atom. The van der Waals surface area contributed by atoms with Crippen LogP contribution < -0.4 is 9.73 Å². The minimum absolute atomic E-state index is 0.0341. The van der Waals surface area contributed by atoms with Crippen molar-refractivity contribution in [3.63, 3.8) is 0 Å². The van der Waals surface area contributed by atoms with Crippen LogP contribution in [0, 0.1) is 6.92 Å². The fraction of sp³-hybridized carbons (Fsp3) is 0.286. The largest absolute Gasteiger partial charge is 0.416 e. The predicted octanol–water partition coefficient (Wildman–Crippen LogP) is 6.05. The molecule has 6 nitrogen and oxygen atoms in total. The Morgan fingerprint density at radius 3 is 2.08 bits per heavy atom. The third-order valence-electron chi connectivity index (χ3n) is 5.87. The Hall–Kier alpha value is -3.66. The molecule has 3 aromatic rings. The molecule has 202 valence electrons. The zero-order valence-electron chi connectivity index (χ0n) is 21.8. The Labute approximate surface area is 221 Å². The van der Waals surface area contributed by atoms with E-state index >= 15 is 0 Å². The zero-order valence-corrected chi connectivity index (χ0v) is 22.6. The van der Waals surface area contributed by atoms with Crippen LogP contribution in [0.5, 0.6) is 0 Å². The van der Waals surface area contributed by atoms with Crippen LogP contribution in [0.2, 0.25) is 0 Å². The molecule has 3 aromatic carbocycles. The van der Waals surface area contributed by atoms with Gasteiger partial charge in [0.05, 0.1) is 21.9 Å². The van der Waals surface area contributed by atoms with Crippen molar-refractivity contribution in [3.05, 3.63) is 95.1 Å². The zero-order chi connectivity index (χ0) is 28.3. The smallest absolute Gasteiger partial charge is 0.271 e. The van der Waals surface area contributed by atoms with Crippen molar-refractivity contribution < 1.29 is 26.4 Å². The maximum absolute atomic E-state index is 13.4. The third-order valence-corrected chi connectivity index (χ3v) is 7.66. The van der Waals surface area contributed by atoms with Crippen molar-refractivity contribution in [2.45, 2.75) is 51.1 Å². The molecule has 0 radical (unpaired) electrons. The number of alkyl halides is 3. The molecule has 0 aliphatic heterocycles. The predicted molar refractivity (Wildman–Crippen MR) is 143 cm³/mol. The minimum atomic E-state index is -4.69. The second-order valence-electron chi connectivity index (χ2n) is 9.93. The van der Waals surface area contributed by atoms with Gasteiger partial charge in [0.15, 0.2) is 0 Å². The molecule has 0 unspecified atom stereocenters. The van der Waals surface area contributed by atoms with E-state index in [0.29, 0.717) is 16.1 Å². The fourth-order valence-electron chi connectivity index (χ4n) is 3.58. The van der Waals surface area contributed by atoms with Gasteiger partial charge in [-0.2, -0.15) is 18.3 Å². The Bertz CT molecular complexity index is 1430. The van der Waals surface area contributed by atoms with Crippen LogP contribution in [0.25, 0.3) is 0 Å². The van der Waals surface area contributed by atoms with Gasteiger partial charge in [0.25, 0.3) is 15.9 Å². The lowest BCUT2D eigenvalue weighted by Crippen LogP contribution is -2.40. The van der Waals surface area contributed by atoms with Gasteiger partial charge in [-0.3, -0.25) is 9.10 Å². The number of halogens is 3. The third kappa shape index (κ3) is 7.00. The van der Waals surface area contributed by atoms with E-state index in [1.165, 1.54) is 18.2 Å². The molecule has 0 atom stereocenters. The topological polar surface area (TPSA) is 78.8 Å². The summed E-state index contributed by atoms with van der Waals surface area (Å²) in [4.78, 5) is 12.7. The van der Waals surface area contributed by atoms with Gasteiger partial charge in [0.2, 0.25) is 0 Å². The highest BCUT2D eigenvalue weighted by molar-refractivity contribution is 7.92. The maximum atomic E-state index is 13.4. The van der Waals surface area contributed by atoms with E-state index in [1.54, 1.807) is 26.0 Å². The van der Waals surface area contributed by atoms with Crippen LogP contribution in [-0.2, 0) is 26.4 Å². The number of nitrogens with one attached hydrogen (secondary N) is 1. The number of sulfonamides is 1. The molecular weight excluding hydrogens is 515 g/mol. The lowest BCUT2D eigenvalue weighted by Gasteiger charge is -2.24. The number of anilines is 1. The molecule has 0 spiro atoms. The van der Waals surface area contributed by atoms with E-state index in [-0.39, 0.29) is 16.0 Å². The van der Waals surface area contributed by atoms with Crippen LogP contribution >= 0.6 is 0 Å². The highest BCUT2D eigenvalue weighted by Gasteiger charge is 2.33. The number of amides is 1. The van der Waals surface area contributed by atoms with Crippen molar-refractivity contribution in [1.29, 1.82) is 0 Å². The summed E-state index contributed by atoms with van der Waals surface area (Å²) in [5.41, 5.74) is 4.11. The summed E-state index contributed by atoms with van der Waals surface area (Å²) < 4.78 is 67.6. The molecule has 0 fully saturated rings. The number of nitrogens with zero attached hydrogens (tertiary/aromatic N) is 2. The van der Waals surface area contributed by atoms with Crippen molar-refractivity contribution in [2.75, 3.05) is 10.8 Å². The first-order chi connectivity index (χ1) is 17.6. The Balaban J connectivity index is 1.90. The maximum Gasteiger partial charge on any atom is 0.416 e. The number of hydrazone groups is 1. The number of aryl methyl sites for hydroxylation is 1. The van der Waals surface area contributed by atoms with Gasteiger partial charge in [-0.1, -0.05) is 68.8 Å². The molecule has 1 amide bonds. The molecule has 3 rings (SSSR count). The normalized spacial score (nSPS) is 12.8. The summed E-state index contributed by atoms with van der Waals surface area (Å²) in [6, 6.07) is 17.3. The standard InChI is InChI=1S/C28H30F3N3O3S/c1-19-9-15-25(16-10-19)38(36,37)34(24-8-6-7-23(17-24)28(29,30)31)18-26(35)33-32-20(2)21-11-13-22(14-12-21)27(3,4)5/h6-17H,18H2,1-5H3,(H,33,35)/b32-20-. The van der Waals surface area contributed by atoms with Crippen molar-refractivity contribution >= 4 is 27.3 Å². The van der Waals surface area contributed by atoms with E-state index in [1.807, 2.05) is 24.3 Å². The average molecular weight is 546 g/mol. The summed E-state index contributed by atoms with van der Waals surface area (Å²) in [7, 11) is -4.38. The van der Waals surface area contributed by atoms with E-state index in [2.05, 4.69) is 31.3 Å². The van der Waals surface area contributed by atoms with E-state index in [9.17, 15) is 26.4 Å². The molecular formula is C28H30F3N3O3S. The second-order valence-corrected chi connectivity index (χ2v) is 11.8. The van der Waals surface area contributed by atoms with Gasteiger partial charge in [-0.25, -0.2) is 13.8 Å². The van der Waals surface area contributed by atoms with E-state index in [4.69, 9.17) is 0 Å². The lowest BCUT2D eigenvalue weighted by molar-refractivity contribution is -0.137. The first-order valence-corrected chi connectivity index (χ1v) is 13.2. The minimum Gasteiger partial charge on any atom is -0.271 e. The number of hydrogen-bond donors (Lipinski definition) is 1. The van der Waals surface area contributed by atoms with Gasteiger partial charge in [0.1, 0.15) is 6.54 Å². The summed E-state index contributed by atoms with van der Waals surface area (Å²) in [5.74, 6) is -0.816. The molecule has 38 heavy (non-hydrogen) atoms. The Kier molecular flexibility index (Phi) is 8.36.